The van der Waals surface area contributed by atoms with Crippen LogP contribution in [0.25, 0.3) is 0 Å². The van der Waals surface area contributed by atoms with E-state index in [-0.39, 0.29) is 24.8 Å². The molecule has 0 radical (unpaired) electrons. The van der Waals surface area contributed by atoms with Crippen LogP contribution >= 0.6 is 0 Å². The Hall–Kier alpha value is -2.87. The average molecular weight is 375 g/mol. The molecular formula is C19H22FN3O4. The van der Waals surface area contributed by atoms with Crippen LogP contribution in [-0.2, 0) is 22.7 Å². The molecule has 7 nitrogen and oxygen atoms in total. The van der Waals surface area contributed by atoms with Crippen molar-refractivity contribution < 1.29 is 23.1 Å². The van der Waals surface area contributed by atoms with E-state index in [4.69, 9.17) is 9.15 Å². The lowest BCUT2D eigenvalue weighted by molar-refractivity contribution is -0.134. The summed E-state index contributed by atoms with van der Waals surface area (Å²) in [6, 6.07) is 5.73. The Bertz CT molecular complexity index is 794. The van der Waals surface area contributed by atoms with Crippen molar-refractivity contribution in [2.24, 2.45) is 0 Å². The lowest BCUT2D eigenvalue weighted by atomic mass is 10.1. The fourth-order valence-electron chi connectivity index (χ4n) is 3.02. The summed E-state index contributed by atoms with van der Waals surface area (Å²) >= 11 is 0. The van der Waals surface area contributed by atoms with Crippen molar-refractivity contribution in [1.82, 2.24) is 15.5 Å². The van der Waals surface area contributed by atoms with E-state index in [9.17, 15) is 14.0 Å². The maximum Gasteiger partial charge on any atom is 0.237 e. The second-order valence-corrected chi connectivity index (χ2v) is 6.35. The summed E-state index contributed by atoms with van der Waals surface area (Å²) in [6.07, 6.45) is 3.08. The molecule has 0 spiro atoms. The zero-order valence-electron chi connectivity index (χ0n) is 15.0. The minimum absolute atomic E-state index is 0.00145. The van der Waals surface area contributed by atoms with Crippen molar-refractivity contribution >= 4 is 11.8 Å². The summed E-state index contributed by atoms with van der Waals surface area (Å²) in [5.41, 5.74) is 1.29. The Labute approximate surface area is 156 Å². The summed E-state index contributed by atoms with van der Waals surface area (Å²) in [6.45, 7) is 1.57. The SMILES string of the molecule is COc1ccc(CN2CCNC(=O)[C@@H]2CC(=O)NCc2ccoc2)c(F)c1. The molecule has 1 aromatic heterocycles. The molecule has 2 amide bonds. The summed E-state index contributed by atoms with van der Waals surface area (Å²) in [7, 11) is 1.47. The molecule has 27 heavy (non-hydrogen) atoms. The van der Waals surface area contributed by atoms with Gasteiger partial charge in [-0.3, -0.25) is 14.5 Å². The van der Waals surface area contributed by atoms with Gasteiger partial charge in [-0.15, -0.1) is 0 Å². The predicted molar refractivity (Wildman–Crippen MR) is 95.3 cm³/mol. The molecule has 0 unspecified atom stereocenters. The number of piperazine rings is 1. The Morgan fingerprint density at radius 3 is 3.00 bits per heavy atom. The Morgan fingerprint density at radius 1 is 1.44 bits per heavy atom. The zero-order valence-corrected chi connectivity index (χ0v) is 15.0. The summed E-state index contributed by atoms with van der Waals surface area (Å²) in [4.78, 5) is 26.4. The van der Waals surface area contributed by atoms with Gasteiger partial charge in [0, 0.05) is 43.4 Å². The maximum absolute atomic E-state index is 14.3. The normalized spacial score (nSPS) is 17.4. The second-order valence-electron chi connectivity index (χ2n) is 6.35. The number of furan rings is 1. The van der Waals surface area contributed by atoms with Gasteiger partial charge >= 0.3 is 0 Å². The van der Waals surface area contributed by atoms with Gasteiger partial charge in [0.05, 0.1) is 32.1 Å². The van der Waals surface area contributed by atoms with Gasteiger partial charge in [-0.25, -0.2) is 4.39 Å². The highest BCUT2D eigenvalue weighted by Gasteiger charge is 2.32. The number of amides is 2. The van der Waals surface area contributed by atoms with Gasteiger partial charge in [0.2, 0.25) is 11.8 Å². The maximum atomic E-state index is 14.3. The fraction of sp³-hybridized carbons (Fsp3) is 0.368. The third-order valence-electron chi connectivity index (χ3n) is 4.52. The van der Waals surface area contributed by atoms with Gasteiger partial charge in [0.15, 0.2) is 0 Å². The first kappa shape index (κ1) is 18.9. The Kier molecular flexibility index (Phi) is 6.08. The monoisotopic (exact) mass is 375 g/mol. The molecule has 8 heteroatoms. The van der Waals surface area contributed by atoms with E-state index >= 15 is 0 Å². The number of benzene rings is 1. The number of methoxy groups -OCH3 is 1. The summed E-state index contributed by atoms with van der Waals surface area (Å²) in [5.74, 6) is -0.446. The van der Waals surface area contributed by atoms with E-state index in [0.717, 1.165) is 5.56 Å². The molecule has 1 fully saturated rings. The van der Waals surface area contributed by atoms with E-state index in [1.165, 1.54) is 19.4 Å². The van der Waals surface area contributed by atoms with E-state index in [0.29, 0.717) is 30.9 Å². The summed E-state index contributed by atoms with van der Waals surface area (Å²) in [5, 5.41) is 5.53. The number of rotatable bonds is 7. The molecule has 1 saturated heterocycles. The van der Waals surface area contributed by atoms with Crippen molar-refractivity contribution in [3.05, 3.63) is 53.7 Å². The topological polar surface area (TPSA) is 83.8 Å². The number of hydrogen-bond acceptors (Lipinski definition) is 5. The van der Waals surface area contributed by atoms with Gasteiger partial charge < -0.3 is 19.8 Å². The number of nitrogens with zero attached hydrogens (tertiary/aromatic N) is 1. The highest BCUT2D eigenvalue weighted by molar-refractivity contribution is 5.88. The lowest BCUT2D eigenvalue weighted by Crippen LogP contribution is -2.56. The summed E-state index contributed by atoms with van der Waals surface area (Å²) < 4.78 is 24.2. The third kappa shape index (κ3) is 4.85. The molecular weight excluding hydrogens is 353 g/mol. The molecule has 0 aliphatic carbocycles. The highest BCUT2D eigenvalue weighted by Crippen LogP contribution is 2.20. The van der Waals surface area contributed by atoms with Gasteiger partial charge in [-0.1, -0.05) is 6.07 Å². The van der Waals surface area contributed by atoms with Crippen LogP contribution < -0.4 is 15.4 Å². The number of carbonyl (C=O) groups is 2. The molecule has 1 aromatic carbocycles. The number of nitrogens with one attached hydrogen (secondary N) is 2. The number of hydrogen-bond donors (Lipinski definition) is 2. The van der Waals surface area contributed by atoms with Crippen molar-refractivity contribution in [2.75, 3.05) is 20.2 Å². The molecule has 2 heterocycles. The molecule has 3 rings (SSSR count). The van der Waals surface area contributed by atoms with E-state index in [2.05, 4.69) is 10.6 Å². The zero-order chi connectivity index (χ0) is 19.2. The minimum Gasteiger partial charge on any atom is -0.497 e. The first-order valence-electron chi connectivity index (χ1n) is 8.69. The van der Waals surface area contributed by atoms with Crippen LogP contribution in [0.5, 0.6) is 5.75 Å². The molecule has 1 atom stereocenters. The number of ether oxygens (including phenoxy) is 1. The molecule has 1 aliphatic heterocycles. The molecule has 144 valence electrons. The lowest BCUT2D eigenvalue weighted by Gasteiger charge is -2.34. The Morgan fingerprint density at radius 2 is 2.30 bits per heavy atom. The minimum atomic E-state index is -0.649. The van der Waals surface area contributed by atoms with Crippen LogP contribution in [0.4, 0.5) is 4.39 Å². The van der Waals surface area contributed by atoms with Crippen LogP contribution in [0.3, 0.4) is 0 Å². The van der Waals surface area contributed by atoms with Gasteiger partial charge in [-0.2, -0.15) is 0 Å². The predicted octanol–water partition coefficient (Wildman–Crippen LogP) is 1.43. The van der Waals surface area contributed by atoms with Crippen LogP contribution in [0.15, 0.2) is 41.2 Å². The number of halogens is 1. The van der Waals surface area contributed by atoms with Gasteiger partial charge in [0.25, 0.3) is 0 Å². The number of carbonyl (C=O) groups excluding carboxylic acids is 2. The van der Waals surface area contributed by atoms with E-state index in [1.54, 1.807) is 24.5 Å². The first-order chi connectivity index (χ1) is 13.1. The quantitative estimate of drug-likeness (QED) is 0.765. The molecule has 0 saturated carbocycles. The van der Waals surface area contributed by atoms with Crippen molar-refractivity contribution in [3.63, 3.8) is 0 Å². The van der Waals surface area contributed by atoms with Crippen LogP contribution in [0, 0.1) is 5.82 Å². The van der Waals surface area contributed by atoms with E-state index < -0.39 is 11.9 Å². The van der Waals surface area contributed by atoms with Crippen LogP contribution in [-0.4, -0.2) is 43.0 Å². The van der Waals surface area contributed by atoms with Gasteiger partial charge in [0.1, 0.15) is 11.6 Å². The van der Waals surface area contributed by atoms with E-state index in [1.807, 2.05) is 4.90 Å². The van der Waals surface area contributed by atoms with Crippen molar-refractivity contribution in [3.8, 4) is 5.75 Å². The molecule has 0 bridgehead atoms. The van der Waals surface area contributed by atoms with Crippen LogP contribution in [0.1, 0.15) is 17.5 Å². The first-order valence-corrected chi connectivity index (χ1v) is 8.69. The average Bonchev–Trinajstić information content (AvgIpc) is 3.18. The standard InChI is InChI=1S/C19H22FN3O4/c1-26-15-3-2-14(16(20)8-15)11-23-6-5-21-19(25)17(23)9-18(24)22-10-13-4-7-27-12-13/h2-4,7-8,12,17H,5-6,9-11H2,1H3,(H,21,25)(H,22,24)/t17-/m0/s1. The van der Waals surface area contributed by atoms with Crippen LogP contribution in [0.2, 0.25) is 0 Å². The van der Waals surface area contributed by atoms with Gasteiger partial charge in [-0.05, 0) is 12.1 Å². The van der Waals surface area contributed by atoms with Crippen molar-refractivity contribution in [2.45, 2.75) is 25.6 Å². The highest BCUT2D eigenvalue weighted by atomic mass is 19.1. The van der Waals surface area contributed by atoms with Crippen molar-refractivity contribution in [1.29, 1.82) is 0 Å². The fourth-order valence-corrected chi connectivity index (χ4v) is 3.02. The molecule has 1 aliphatic rings. The molecule has 2 N–H and O–H groups in total. The smallest absolute Gasteiger partial charge is 0.237 e. The second kappa shape index (κ2) is 8.68. The third-order valence-corrected chi connectivity index (χ3v) is 4.52. The largest absolute Gasteiger partial charge is 0.497 e. The molecule has 2 aromatic rings. The Balaban J connectivity index is 1.64.